The average molecular weight is 450 g/mol. The SMILES string of the molecule is Cc1nc2ccnn2c(N2CCCCCc3cc4c(cc3CN(C)CCCC2)OCO4)c1C. The Hall–Kier alpha value is -2.80. The van der Waals surface area contributed by atoms with E-state index in [-0.39, 0.29) is 0 Å². The molecule has 4 heterocycles. The Morgan fingerprint density at radius 3 is 2.42 bits per heavy atom. The van der Waals surface area contributed by atoms with Crippen molar-refractivity contribution in [3.8, 4) is 11.5 Å². The molecule has 5 rings (SSSR count). The van der Waals surface area contributed by atoms with Gasteiger partial charge in [-0.05, 0) is 82.8 Å². The van der Waals surface area contributed by atoms with Crippen LogP contribution >= 0.6 is 0 Å². The molecule has 2 aromatic heterocycles. The normalized spacial score (nSPS) is 18.3. The zero-order valence-corrected chi connectivity index (χ0v) is 20.1. The number of ether oxygens (including phenoxy) is 2. The van der Waals surface area contributed by atoms with Crippen LogP contribution in [0.2, 0.25) is 0 Å². The molecule has 0 bridgehead atoms. The Bertz CT molecular complexity index is 1130. The zero-order valence-electron chi connectivity index (χ0n) is 20.1. The Morgan fingerprint density at radius 2 is 1.61 bits per heavy atom. The first-order chi connectivity index (χ1) is 16.1. The van der Waals surface area contributed by atoms with Crippen molar-refractivity contribution in [1.29, 1.82) is 0 Å². The number of hydrogen-bond donors (Lipinski definition) is 0. The summed E-state index contributed by atoms with van der Waals surface area (Å²) in [5, 5.41) is 4.60. The van der Waals surface area contributed by atoms with Crippen LogP contribution in [0.5, 0.6) is 11.5 Å². The van der Waals surface area contributed by atoms with Gasteiger partial charge in [-0.3, -0.25) is 0 Å². The maximum Gasteiger partial charge on any atom is 0.231 e. The van der Waals surface area contributed by atoms with E-state index in [2.05, 4.69) is 47.9 Å². The van der Waals surface area contributed by atoms with Gasteiger partial charge in [-0.15, -0.1) is 0 Å². The summed E-state index contributed by atoms with van der Waals surface area (Å²) < 4.78 is 13.3. The van der Waals surface area contributed by atoms with E-state index >= 15 is 0 Å². The summed E-state index contributed by atoms with van der Waals surface area (Å²) in [5.74, 6) is 3.00. The lowest BCUT2D eigenvalue weighted by molar-refractivity contribution is 0.174. The van der Waals surface area contributed by atoms with Gasteiger partial charge in [0.25, 0.3) is 0 Å². The third kappa shape index (κ3) is 4.64. The molecule has 0 spiro atoms. The maximum absolute atomic E-state index is 5.66. The van der Waals surface area contributed by atoms with E-state index < -0.39 is 0 Å². The number of rotatable bonds is 1. The Labute approximate surface area is 196 Å². The highest BCUT2D eigenvalue weighted by Gasteiger charge is 2.20. The minimum absolute atomic E-state index is 0.335. The zero-order chi connectivity index (χ0) is 22.8. The van der Waals surface area contributed by atoms with Gasteiger partial charge in [0.2, 0.25) is 6.79 Å². The molecule has 0 saturated carbocycles. The molecule has 7 heteroatoms. The summed E-state index contributed by atoms with van der Waals surface area (Å²) in [7, 11) is 2.22. The van der Waals surface area contributed by atoms with Crippen molar-refractivity contribution in [2.24, 2.45) is 0 Å². The molecule has 33 heavy (non-hydrogen) atoms. The molecule has 0 fully saturated rings. The standard InChI is InChI=1S/C26H35N5O2/c1-19-20(2)28-25-10-11-27-31(25)26(19)30-13-6-4-5-9-21-15-23-24(33-18-32-23)16-22(21)17-29(3)12-7-8-14-30/h10-11,15-16H,4-9,12-14,17-18H2,1-3H3. The van der Waals surface area contributed by atoms with Crippen LogP contribution in [0, 0.1) is 13.8 Å². The lowest BCUT2D eigenvalue weighted by atomic mass is 9.99. The lowest BCUT2D eigenvalue weighted by Crippen LogP contribution is -2.30. The van der Waals surface area contributed by atoms with Gasteiger partial charge in [0.1, 0.15) is 5.82 Å². The van der Waals surface area contributed by atoms with Crippen molar-refractivity contribution in [3.05, 3.63) is 46.8 Å². The molecule has 0 radical (unpaired) electrons. The number of aryl methyl sites for hydroxylation is 2. The van der Waals surface area contributed by atoms with E-state index in [4.69, 9.17) is 14.5 Å². The minimum atomic E-state index is 0.335. The summed E-state index contributed by atoms with van der Waals surface area (Å²) >= 11 is 0. The average Bonchev–Trinajstić information content (AvgIpc) is 3.44. The Balaban J connectivity index is 1.36. The van der Waals surface area contributed by atoms with E-state index in [9.17, 15) is 0 Å². The van der Waals surface area contributed by atoms with Gasteiger partial charge in [0.05, 0.1) is 6.20 Å². The number of benzene rings is 1. The van der Waals surface area contributed by atoms with Crippen molar-refractivity contribution in [3.63, 3.8) is 0 Å². The van der Waals surface area contributed by atoms with E-state index in [1.807, 2.05) is 16.8 Å². The molecule has 0 aliphatic carbocycles. The van der Waals surface area contributed by atoms with Crippen molar-refractivity contribution >= 4 is 11.5 Å². The van der Waals surface area contributed by atoms with Crippen LogP contribution in [0.15, 0.2) is 24.4 Å². The van der Waals surface area contributed by atoms with Crippen molar-refractivity contribution in [2.45, 2.75) is 58.9 Å². The van der Waals surface area contributed by atoms with Gasteiger partial charge in [-0.2, -0.15) is 9.61 Å². The number of hydrogen-bond acceptors (Lipinski definition) is 6. The molecule has 7 nitrogen and oxygen atoms in total. The minimum Gasteiger partial charge on any atom is -0.454 e. The lowest BCUT2D eigenvalue weighted by Gasteiger charge is -2.28. The first-order valence-corrected chi connectivity index (χ1v) is 12.3. The maximum atomic E-state index is 5.66. The van der Waals surface area contributed by atoms with E-state index in [1.165, 1.54) is 41.8 Å². The second-order valence-corrected chi connectivity index (χ2v) is 9.46. The Morgan fingerprint density at radius 1 is 0.879 bits per heavy atom. The van der Waals surface area contributed by atoms with E-state index in [1.54, 1.807) is 0 Å². The fourth-order valence-corrected chi connectivity index (χ4v) is 5.07. The molecule has 0 N–H and O–H groups in total. The Kier molecular flexibility index (Phi) is 6.40. The largest absolute Gasteiger partial charge is 0.454 e. The number of fused-ring (bicyclic) bond motifs is 3. The van der Waals surface area contributed by atoms with Crippen LogP contribution in [0.4, 0.5) is 5.82 Å². The molecule has 3 aromatic rings. The molecule has 0 amide bonds. The van der Waals surface area contributed by atoms with Gasteiger partial charge in [-0.25, -0.2) is 4.98 Å². The number of anilines is 1. The molecule has 0 atom stereocenters. The van der Waals surface area contributed by atoms with Gasteiger partial charge >= 0.3 is 0 Å². The number of aromatic nitrogens is 3. The van der Waals surface area contributed by atoms with Crippen LogP contribution in [0.25, 0.3) is 5.65 Å². The van der Waals surface area contributed by atoms with Gasteiger partial charge in [0, 0.05) is 37.0 Å². The molecule has 2 aliphatic rings. The molecule has 176 valence electrons. The highest BCUT2D eigenvalue weighted by atomic mass is 16.7. The fraction of sp³-hybridized carbons (Fsp3) is 0.538. The third-order valence-electron chi connectivity index (χ3n) is 7.01. The summed E-state index contributed by atoms with van der Waals surface area (Å²) in [6, 6.07) is 6.41. The third-order valence-corrected chi connectivity index (χ3v) is 7.01. The van der Waals surface area contributed by atoms with Crippen molar-refractivity contribution in [1.82, 2.24) is 19.5 Å². The smallest absolute Gasteiger partial charge is 0.231 e. The fourth-order valence-electron chi connectivity index (χ4n) is 5.07. The molecule has 1 aromatic carbocycles. The van der Waals surface area contributed by atoms with E-state index in [0.29, 0.717) is 6.79 Å². The van der Waals surface area contributed by atoms with Crippen LogP contribution in [0.3, 0.4) is 0 Å². The van der Waals surface area contributed by atoms with Crippen LogP contribution in [-0.4, -0.2) is 53.0 Å². The first kappa shape index (κ1) is 22.0. The van der Waals surface area contributed by atoms with Gasteiger partial charge < -0.3 is 19.3 Å². The van der Waals surface area contributed by atoms with Crippen molar-refractivity contribution < 1.29 is 9.47 Å². The second kappa shape index (κ2) is 9.59. The molecule has 2 aliphatic heterocycles. The van der Waals surface area contributed by atoms with Crippen LogP contribution in [-0.2, 0) is 13.0 Å². The molecular formula is C26H35N5O2. The summed E-state index contributed by atoms with van der Waals surface area (Å²) in [4.78, 5) is 9.70. The number of nitrogens with zero attached hydrogens (tertiary/aromatic N) is 5. The first-order valence-electron chi connectivity index (χ1n) is 12.3. The molecule has 0 unspecified atom stereocenters. The van der Waals surface area contributed by atoms with E-state index in [0.717, 1.165) is 68.3 Å². The molecular weight excluding hydrogens is 414 g/mol. The predicted molar refractivity (Wildman–Crippen MR) is 130 cm³/mol. The van der Waals surface area contributed by atoms with Crippen LogP contribution < -0.4 is 14.4 Å². The second-order valence-electron chi connectivity index (χ2n) is 9.46. The monoisotopic (exact) mass is 449 g/mol. The van der Waals surface area contributed by atoms with Gasteiger partial charge in [-0.1, -0.05) is 6.42 Å². The topological polar surface area (TPSA) is 55.1 Å². The van der Waals surface area contributed by atoms with Crippen molar-refractivity contribution in [2.75, 3.05) is 38.4 Å². The van der Waals surface area contributed by atoms with Gasteiger partial charge in [0.15, 0.2) is 17.1 Å². The summed E-state index contributed by atoms with van der Waals surface area (Å²) in [5.41, 5.74) is 6.03. The molecule has 0 saturated heterocycles. The quantitative estimate of drug-likeness (QED) is 0.545. The predicted octanol–water partition coefficient (Wildman–Crippen LogP) is 4.52. The highest BCUT2D eigenvalue weighted by molar-refractivity contribution is 5.56. The van der Waals surface area contributed by atoms with Crippen LogP contribution in [0.1, 0.15) is 54.5 Å². The highest BCUT2D eigenvalue weighted by Crippen LogP contribution is 2.36. The summed E-state index contributed by atoms with van der Waals surface area (Å²) in [6.45, 7) is 8.74. The summed E-state index contributed by atoms with van der Waals surface area (Å²) in [6.07, 6.45) is 8.80.